The summed E-state index contributed by atoms with van der Waals surface area (Å²) in [6.45, 7) is 0. The molecule has 6 heteroatoms. The van der Waals surface area contributed by atoms with Gasteiger partial charge in [0.05, 0.1) is 0 Å². The van der Waals surface area contributed by atoms with Gasteiger partial charge < -0.3 is 5.21 Å². The van der Waals surface area contributed by atoms with E-state index in [2.05, 4.69) is 24.5 Å². The van der Waals surface area contributed by atoms with Crippen LogP contribution < -0.4 is 0 Å². The van der Waals surface area contributed by atoms with Crippen molar-refractivity contribution >= 4 is 10.7 Å². The second-order valence-electron chi connectivity index (χ2n) is 0.238. The standard InChI is InChI=1S/HNO3.Ni.S/c2-1(3)4;;/h(H,2,3,4);;. The molecule has 0 aliphatic heterocycles. The molecule has 0 aromatic carbocycles. The molecule has 0 bridgehead atoms. The van der Waals surface area contributed by atoms with Crippen LogP contribution in [0.2, 0.25) is 0 Å². The van der Waals surface area contributed by atoms with Gasteiger partial charge in [-0.2, -0.15) is 0 Å². The molecule has 40 valence electrons. The van der Waals surface area contributed by atoms with Crippen LogP contribution in [-0.2, 0) is 13.9 Å². The van der Waals surface area contributed by atoms with E-state index < -0.39 is 5.09 Å². The Balaban J connectivity index is 0. The van der Waals surface area contributed by atoms with E-state index in [0.29, 0.717) is 0 Å². The summed E-state index contributed by atoms with van der Waals surface area (Å²) in [5, 5.41) is 13.6. The molecule has 0 saturated carbocycles. The molecule has 0 radical (unpaired) electrons. The maximum atomic E-state index is 8.36. The molecular formula is HNNiO3S. The minimum absolute atomic E-state index is 1.50. The number of hydrogen-bond donors (Lipinski definition) is 1. The van der Waals surface area contributed by atoms with Crippen LogP contribution in [0.5, 0.6) is 0 Å². The zero-order valence-electron chi connectivity index (χ0n) is 2.44. The molecule has 0 aliphatic carbocycles. The van der Waals surface area contributed by atoms with Gasteiger partial charge in [0.25, 0.3) is 5.09 Å². The molecule has 0 unspecified atom stereocenters. The molecule has 0 aliphatic rings. The van der Waals surface area contributed by atoms with Gasteiger partial charge in [0, 0.05) is 0 Å². The van der Waals surface area contributed by atoms with Gasteiger partial charge in [-0.1, -0.05) is 0 Å². The topological polar surface area (TPSA) is 63.4 Å². The van der Waals surface area contributed by atoms with Gasteiger partial charge in [-0.05, 0) is 0 Å². The first-order chi connectivity index (χ1) is 2.73. The van der Waals surface area contributed by atoms with Crippen LogP contribution in [-0.4, -0.2) is 10.3 Å². The summed E-state index contributed by atoms with van der Waals surface area (Å²) in [5.41, 5.74) is 0. The van der Waals surface area contributed by atoms with Gasteiger partial charge in [0.2, 0.25) is 0 Å². The second kappa shape index (κ2) is 8.87. The summed E-state index contributed by atoms with van der Waals surface area (Å²) in [5.74, 6) is 0. The minimum atomic E-state index is -1.50. The van der Waals surface area contributed by atoms with Crippen molar-refractivity contribution in [2.24, 2.45) is 0 Å². The molecule has 0 aromatic heterocycles. The summed E-state index contributed by atoms with van der Waals surface area (Å²) in [6, 6.07) is 0. The van der Waals surface area contributed by atoms with Gasteiger partial charge in [0.1, 0.15) is 0 Å². The summed E-state index contributed by atoms with van der Waals surface area (Å²) in [7, 11) is 3.71. The van der Waals surface area contributed by atoms with Crippen LogP contribution >= 0.6 is 10.7 Å². The SMILES string of the molecule is O=[N+]([O-])O.[S]=[Ni]. The average Bonchev–Trinajstić information content (AvgIpc) is 1.41. The Labute approximate surface area is 45.5 Å². The fourth-order valence-electron chi connectivity index (χ4n) is 0. The van der Waals surface area contributed by atoms with E-state index in [1.54, 1.807) is 0 Å². The quantitative estimate of drug-likeness (QED) is 0.309. The number of hydrogen-bond acceptors (Lipinski definition) is 3. The van der Waals surface area contributed by atoms with Crippen molar-refractivity contribution in [3.63, 3.8) is 0 Å². The molecule has 0 saturated heterocycles. The van der Waals surface area contributed by atoms with Crippen LogP contribution in [0.4, 0.5) is 0 Å². The third-order valence-corrected chi connectivity index (χ3v) is 0. The van der Waals surface area contributed by atoms with Crippen molar-refractivity contribution in [2.45, 2.75) is 0 Å². The third-order valence-electron chi connectivity index (χ3n) is 0. The summed E-state index contributed by atoms with van der Waals surface area (Å²) in [4.78, 5) is 8.36. The monoisotopic (exact) mass is 153 g/mol. The van der Waals surface area contributed by atoms with Gasteiger partial charge in [-0.3, -0.25) is 0 Å². The average molecular weight is 154 g/mol. The second-order valence-corrected chi connectivity index (χ2v) is 0.238. The van der Waals surface area contributed by atoms with Gasteiger partial charge in [0.15, 0.2) is 0 Å². The van der Waals surface area contributed by atoms with Gasteiger partial charge in [-0.25, -0.2) is 0 Å². The Morgan fingerprint density at radius 2 is 1.83 bits per heavy atom. The zero-order valence-corrected chi connectivity index (χ0v) is 4.24. The van der Waals surface area contributed by atoms with Gasteiger partial charge >= 0.3 is 24.5 Å². The summed E-state index contributed by atoms with van der Waals surface area (Å²) < 4.78 is 0. The van der Waals surface area contributed by atoms with E-state index in [4.69, 9.17) is 15.3 Å². The van der Waals surface area contributed by atoms with Crippen molar-refractivity contribution in [1.82, 2.24) is 0 Å². The third kappa shape index (κ3) is 4440. The first-order valence-electron chi connectivity index (χ1n) is 0.694. The predicted octanol–water partition coefficient (Wildman–Crippen LogP) is 0.298. The Morgan fingerprint density at radius 1 is 1.83 bits per heavy atom. The zero-order chi connectivity index (χ0) is 5.58. The summed E-state index contributed by atoms with van der Waals surface area (Å²) >= 11 is 3.46. The Bertz CT molecular complexity index is 42.1. The predicted molar refractivity (Wildman–Crippen MR) is 16.4 cm³/mol. The molecule has 0 rings (SSSR count). The molecule has 0 spiro atoms. The Kier molecular flexibility index (Phi) is 13.8. The summed E-state index contributed by atoms with van der Waals surface area (Å²) in [6.07, 6.45) is 0. The molecular weight excluding hydrogens is 153 g/mol. The first kappa shape index (κ1) is 9.32. The maximum absolute atomic E-state index is 8.36. The normalized spacial score (nSPS) is 5.00. The van der Waals surface area contributed by atoms with Crippen molar-refractivity contribution < 1.29 is 24.2 Å². The Morgan fingerprint density at radius 3 is 1.83 bits per heavy atom. The number of rotatable bonds is 0. The van der Waals surface area contributed by atoms with Crippen molar-refractivity contribution in [3.05, 3.63) is 10.1 Å². The van der Waals surface area contributed by atoms with E-state index in [9.17, 15) is 0 Å². The molecule has 0 amide bonds. The van der Waals surface area contributed by atoms with Crippen molar-refractivity contribution in [2.75, 3.05) is 0 Å². The first-order valence-corrected chi connectivity index (χ1v) is 2.16. The molecule has 0 heterocycles. The molecule has 4 nitrogen and oxygen atoms in total. The number of nitrogens with zero attached hydrogens (tertiary/aromatic N) is 1. The fraction of sp³-hybridized carbons (Fsp3) is 0. The van der Waals surface area contributed by atoms with Crippen LogP contribution in [0.3, 0.4) is 0 Å². The van der Waals surface area contributed by atoms with E-state index in [1.165, 1.54) is 0 Å². The van der Waals surface area contributed by atoms with E-state index >= 15 is 0 Å². The van der Waals surface area contributed by atoms with Crippen LogP contribution in [0, 0.1) is 10.1 Å². The van der Waals surface area contributed by atoms with Crippen LogP contribution in [0.15, 0.2) is 0 Å². The van der Waals surface area contributed by atoms with E-state index in [-0.39, 0.29) is 0 Å². The Hall–Kier alpha value is -0.0865. The molecule has 1 N–H and O–H groups in total. The van der Waals surface area contributed by atoms with E-state index in [1.807, 2.05) is 0 Å². The van der Waals surface area contributed by atoms with Crippen LogP contribution in [0.25, 0.3) is 0 Å². The molecule has 0 atom stereocenters. The van der Waals surface area contributed by atoms with Crippen molar-refractivity contribution in [1.29, 1.82) is 0 Å². The van der Waals surface area contributed by atoms with Crippen LogP contribution in [0.1, 0.15) is 0 Å². The van der Waals surface area contributed by atoms with E-state index in [0.717, 1.165) is 0 Å². The fourth-order valence-corrected chi connectivity index (χ4v) is 0. The molecule has 6 heavy (non-hydrogen) atoms. The van der Waals surface area contributed by atoms with Crippen molar-refractivity contribution in [3.8, 4) is 0 Å². The van der Waals surface area contributed by atoms with Gasteiger partial charge in [-0.15, -0.1) is 10.1 Å². The molecule has 0 aromatic rings. The molecule has 0 fully saturated rings.